The molecule has 0 saturated carbocycles. The largest absolute Gasteiger partial charge is 0.466 e. The molecule has 10 heteroatoms. The Hall–Kier alpha value is -1.94. The molecule has 3 aliphatic heterocycles. The number of halogens is 2. The molecule has 36 heavy (non-hydrogen) atoms. The van der Waals surface area contributed by atoms with Gasteiger partial charge in [-0.1, -0.05) is 59.6 Å². The molecule has 3 heterocycles. The first-order valence-electron chi connectivity index (χ1n) is 12.2. The van der Waals surface area contributed by atoms with Gasteiger partial charge in [0.05, 0.1) is 47.9 Å². The van der Waals surface area contributed by atoms with Crippen molar-refractivity contribution in [3.8, 4) is 0 Å². The van der Waals surface area contributed by atoms with Crippen molar-refractivity contribution in [2.24, 2.45) is 17.8 Å². The summed E-state index contributed by atoms with van der Waals surface area (Å²) in [6.07, 6.45) is 1.35. The predicted octanol–water partition coefficient (Wildman–Crippen LogP) is 3.19. The third kappa shape index (κ3) is 4.08. The van der Waals surface area contributed by atoms with E-state index in [1.807, 2.05) is 13.8 Å². The second-order valence-electron chi connectivity index (χ2n) is 9.84. The number of carbonyl (C=O) groups is 3. The van der Waals surface area contributed by atoms with E-state index in [0.717, 1.165) is 0 Å². The van der Waals surface area contributed by atoms with Crippen molar-refractivity contribution >= 4 is 51.0 Å². The number of para-hydroxylation sites is 1. The number of esters is 1. The Kier molecular flexibility index (Phi) is 7.86. The molecule has 3 unspecified atom stereocenters. The summed E-state index contributed by atoms with van der Waals surface area (Å²) in [6.45, 7) is 9.25. The number of likely N-dealkylation sites (tertiary alicyclic amines) is 1. The molecule has 1 aromatic rings. The molecule has 1 aromatic carbocycles. The fourth-order valence-corrected chi connectivity index (χ4v) is 7.27. The van der Waals surface area contributed by atoms with Gasteiger partial charge in [0.15, 0.2) is 0 Å². The van der Waals surface area contributed by atoms with Crippen LogP contribution in [0.4, 0.5) is 5.69 Å². The van der Waals surface area contributed by atoms with Crippen molar-refractivity contribution in [3.63, 3.8) is 0 Å². The van der Waals surface area contributed by atoms with Gasteiger partial charge in [-0.25, -0.2) is 0 Å². The number of hydrogen-bond acceptors (Lipinski definition) is 6. The molecular formula is C26H32BrClN2O6. The monoisotopic (exact) mass is 582 g/mol. The first-order chi connectivity index (χ1) is 17.1. The molecule has 4 rings (SSSR count). The van der Waals surface area contributed by atoms with Crippen LogP contribution in [-0.2, 0) is 23.9 Å². The quantitative estimate of drug-likeness (QED) is 0.273. The molecule has 2 amide bonds. The van der Waals surface area contributed by atoms with Crippen LogP contribution in [0.5, 0.6) is 0 Å². The number of aliphatic hydroxyl groups excluding tert-OH is 1. The zero-order chi connectivity index (χ0) is 26.4. The van der Waals surface area contributed by atoms with Gasteiger partial charge in [-0.05, 0) is 31.4 Å². The average Bonchev–Trinajstić information content (AvgIpc) is 3.42. The first-order valence-corrected chi connectivity index (χ1v) is 13.5. The number of alkyl halides is 1. The van der Waals surface area contributed by atoms with Crippen molar-refractivity contribution in [2.45, 2.75) is 55.8 Å². The Morgan fingerprint density at radius 3 is 2.69 bits per heavy atom. The highest BCUT2D eigenvalue weighted by Gasteiger charge is 2.77. The van der Waals surface area contributed by atoms with Gasteiger partial charge in [0.1, 0.15) is 11.6 Å². The lowest BCUT2D eigenvalue weighted by Gasteiger charge is -2.40. The topological polar surface area (TPSA) is 96.4 Å². The Morgan fingerprint density at radius 1 is 1.42 bits per heavy atom. The van der Waals surface area contributed by atoms with Crippen LogP contribution in [0.25, 0.3) is 0 Å². The van der Waals surface area contributed by atoms with Gasteiger partial charge in [-0.15, -0.1) is 6.58 Å². The maximum Gasteiger partial charge on any atom is 0.312 e. The summed E-state index contributed by atoms with van der Waals surface area (Å²) >= 11 is 10.1. The molecular weight excluding hydrogens is 552 g/mol. The van der Waals surface area contributed by atoms with E-state index in [-0.39, 0.29) is 36.4 Å². The van der Waals surface area contributed by atoms with E-state index in [4.69, 9.17) is 21.1 Å². The molecule has 0 radical (unpaired) electrons. The minimum Gasteiger partial charge on any atom is -0.466 e. The Bertz CT molecular complexity index is 1050. The molecule has 8 nitrogen and oxygen atoms in total. The summed E-state index contributed by atoms with van der Waals surface area (Å²) in [4.78, 5) is 44.3. The smallest absolute Gasteiger partial charge is 0.312 e. The number of fused-ring (bicyclic) bond motifs is 1. The second kappa shape index (κ2) is 10.4. The van der Waals surface area contributed by atoms with Crippen LogP contribution >= 0.6 is 27.5 Å². The number of carbonyl (C=O) groups excluding carboxylic acids is 3. The van der Waals surface area contributed by atoms with Crippen LogP contribution in [0.1, 0.15) is 27.2 Å². The van der Waals surface area contributed by atoms with Gasteiger partial charge < -0.3 is 24.4 Å². The highest BCUT2D eigenvalue weighted by molar-refractivity contribution is 9.09. The van der Waals surface area contributed by atoms with Gasteiger partial charge in [-0.2, -0.15) is 0 Å². The van der Waals surface area contributed by atoms with Gasteiger partial charge in [-0.3, -0.25) is 14.4 Å². The fraction of sp³-hybridized carbons (Fsp3) is 0.577. The standard InChI is InChI=1S/C26H32BrClN2O6/c1-5-11-29(17-10-8-7-9-16(17)28)24(33)22-26-12-15(27)21(36-26)19(25(34)35-6-2)20(26)23(32)30(22)18(13-31)14(3)4/h5,7-10,14-15,18-22,31H,1,6,11-13H2,2-4H3/t15?,18-,19+,20-,21+,22?,26?/m0/s1. The van der Waals surface area contributed by atoms with E-state index < -0.39 is 47.5 Å². The number of ether oxygens (including phenoxy) is 2. The van der Waals surface area contributed by atoms with Crippen LogP contribution in [0.3, 0.4) is 0 Å². The highest BCUT2D eigenvalue weighted by atomic mass is 79.9. The molecule has 1 spiro atoms. The van der Waals surface area contributed by atoms with Gasteiger partial charge in [0.2, 0.25) is 5.91 Å². The van der Waals surface area contributed by atoms with E-state index in [2.05, 4.69) is 22.5 Å². The zero-order valence-electron chi connectivity index (χ0n) is 20.6. The van der Waals surface area contributed by atoms with Crippen LogP contribution in [0.2, 0.25) is 5.02 Å². The maximum absolute atomic E-state index is 14.5. The third-order valence-electron chi connectivity index (χ3n) is 7.55. The summed E-state index contributed by atoms with van der Waals surface area (Å²) in [5, 5.41) is 10.7. The van der Waals surface area contributed by atoms with Crippen molar-refractivity contribution in [2.75, 3.05) is 24.7 Å². The summed E-state index contributed by atoms with van der Waals surface area (Å²) in [5.74, 6) is -3.19. The summed E-state index contributed by atoms with van der Waals surface area (Å²) in [7, 11) is 0. The van der Waals surface area contributed by atoms with E-state index in [1.165, 1.54) is 9.80 Å². The lowest BCUT2D eigenvalue weighted by molar-refractivity contribution is -0.155. The number of amides is 2. The lowest BCUT2D eigenvalue weighted by Crippen LogP contribution is -2.60. The number of benzene rings is 1. The minimum atomic E-state index is -1.26. The number of anilines is 1. The van der Waals surface area contributed by atoms with Crippen LogP contribution in [-0.4, -0.2) is 76.2 Å². The maximum atomic E-state index is 14.5. The third-order valence-corrected chi connectivity index (χ3v) is 8.72. The van der Waals surface area contributed by atoms with E-state index in [9.17, 15) is 19.5 Å². The molecule has 196 valence electrons. The Balaban J connectivity index is 1.87. The molecule has 3 aliphatic rings. The molecule has 0 aromatic heterocycles. The van der Waals surface area contributed by atoms with Crippen molar-refractivity contribution in [3.05, 3.63) is 41.9 Å². The molecule has 2 bridgehead atoms. The summed E-state index contributed by atoms with van der Waals surface area (Å²) in [5.41, 5.74) is -0.778. The Morgan fingerprint density at radius 2 is 2.11 bits per heavy atom. The Labute approximate surface area is 224 Å². The minimum absolute atomic E-state index is 0.149. The number of aliphatic hydroxyl groups is 1. The zero-order valence-corrected chi connectivity index (χ0v) is 22.9. The average molecular weight is 584 g/mol. The summed E-state index contributed by atoms with van der Waals surface area (Å²) in [6, 6.07) is 5.24. The molecule has 1 N–H and O–H groups in total. The van der Waals surface area contributed by atoms with Crippen molar-refractivity contribution in [1.82, 2.24) is 4.90 Å². The van der Waals surface area contributed by atoms with Gasteiger partial charge >= 0.3 is 5.97 Å². The number of nitrogens with zero attached hydrogens (tertiary/aromatic N) is 2. The van der Waals surface area contributed by atoms with E-state index >= 15 is 0 Å². The molecule has 7 atom stereocenters. The van der Waals surface area contributed by atoms with Crippen LogP contribution < -0.4 is 4.90 Å². The van der Waals surface area contributed by atoms with Crippen LogP contribution in [0, 0.1) is 17.8 Å². The number of hydrogen-bond donors (Lipinski definition) is 1. The SMILES string of the molecule is C=CCN(C(=O)C1N([C@@H](CO)C(C)C)C(=O)[C@@H]2[C@@H](C(=O)OCC)[C@@H]3OC12CC3Br)c1ccccc1Cl. The van der Waals surface area contributed by atoms with Crippen molar-refractivity contribution in [1.29, 1.82) is 0 Å². The normalized spacial score (nSPS) is 31.5. The lowest BCUT2D eigenvalue weighted by atomic mass is 9.70. The van der Waals surface area contributed by atoms with E-state index in [0.29, 0.717) is 17.1 Å². The molecule has 0 aliphatic carbocycles. The second-order valence-corrected chi connectivity index (χ2v) is 11.4. The van der Waals surface area contributed by atoms with Gasteiger partial charge in [0, 0.05) is 11.4 Å². The fourth-order valence-electron chi connectivity index (χ4n) is 6.09. The number of rotatable bonds is 9. The summed E-state index contributed by atoms with van der Waals surface area (Å²) < 4.78 is 11.8. The molecule has 3 saturated heterocycles. The van der Waals surface area contributed by atoms with Crippen molar-refractivity contribution < 1.29 is 29.0 Å². The van der Waals surface area contributed by atoms with Crippen LogP contribution in [0.15, 0.2) is 36.9 Å². The molecule has 3 fully saturated rings. The first kappa shape index (κ1) is 27.1. The van der Waals surface area contributed by atoms with Gasteiger partial charge in [0.25, 0.3) is 5.91 Å². The van der Waals surface area contributed by atoms with E-state index in [1.54, 1.807) is 37.3 Å². The predicted molar refractivity (Wildman–Crippen MR) is 139 cm³/mol. The highest BCUT2D eigenvalue weighted by Crippen LogP contribution is 2.61.